The van der Waals surface area contributed by atoms with E-state index in [1.807, 2.05) is 29.8 Å². The minimum Gasteiger partial charge on any atom is -0.291 e. The number of hydrogen-bond donors (Lipinski definition) is 1. The molecule has 0 aliphatic carbocycles. The van der Waals surface area contributed by atoms with Gasteiger partial charge < -0.3 is 0 Å². The van der Waals surface area contributed by atoms with E-state index < -0.39 is 0 Å². The first kappa shape index (κ1) is 20.5. The first-order chi connectivity index (χ1) is 15.2. The predicted molar refractivity (Wildman–Crippen MR) is 115 cm³/mol. The lowest BCUT2D eigenvalue weighted by Gasteiger charge is -2.08. The van der Waals surface area contributed by atoms with Gasteiger partial charge in [-0.15, -0.1) is 15.3 Å². The maximum Gasteiger partial charge on any atom is 0.217 e. The first-order valence-corrected chi connectivity index (χ1v) is 10.4. The molecule has 0 saturated heterocycles. The van der Waals surface area contributed by atoms with Gasteiger partial charge in [-0.25, -0.2) is 9.67 Å². The zero-order chi connectivity index (χ0) is 21.6. The lowest BCUT2D eigenvalue weighted by atomic mass is 9.99. The average molecular weight is 416 g/mol. The Bertz CT molecular complexity index is 1150. The fourth-order valence-electron chi connectivity index (χ4n) is 3.43. The van der Waals surface area contributed by atoms with Gasteiger partial charge in [0.25, 0.3) is 0 Å². The number of aromatic amines is 1. The predicted octanol–water partition coefficient (Wildman–Crippen LogP) is 3.50. The van der Waals surface area contributed by atoms with Crippen LogP contribution in [0.4, 0.5) is 0 Å². The van der Waals surface area contributed by atoms with E-state index in [1.165, 1.54) is 0 Å². The van der Waals surface area contributed by atoms with E-state index >= 15 is 0 Å². The second kappa shape index (κ2) is 9.38. The lowest BCUT2D eigenvalue weighted by molar-refractivity contribution is 0.0971. The topological polar surface area (TPSA) is 115 Å². The Morgan fingerprint density at radius 3 is 2.61 bits per heavy atom. The largest absolute Gasteiger partial charge is 0.291 e. The molecule has 0 fully saturated rings. The number of aromatic nitrogens is 8. The van der Waals surface area contributed by atoms with Crippen molar-refractivity contribution in [2.75, 3.05) is 0 Å². The molecule has 3 aromatic heterocycles. The van der Waals surface area contributed by atoms with Crippen LogP contribution in [-0.4, -0.2) is 46.2 Å². The van der Waals surface area contributed by atoms with Crippen molar-refractivity contribution in [2.45, 2.75) is 46.1 Å². The molecular weight excluding hydrogens is 392 g/mol. The third-order valence-corrected chi connectivity index (χ3v) is 4.94. The Balaban J connectivity index is 1.58. The third kappa shape index (κ3) is 4.55. The van der Waals surface area contributed by atoms with Crippen LogP contribution in [0.3, 0.4) is 0 Å². The number of H-pyrrole nitrogens is 1. The van der Waals surface area contributed by atoms with E-state index in [4.69, 9.17) is 0 Å². The van der Waals surface area contributed by atoms with Crippen LogP contribution in [0.2, 0.25) is 0 Å². The van der Waals surface area contributed by atoms with Crippen LogP contribution in [0, 0.1) is 0 Å². The molecule has 0 radical (unpaired) electrons. The quantitative estimate of drug-likeness (QED) is 0.415. The molecule has 0 aliphatic heterocycles. The Morgan fingerprint density at radius 2 is 1.90 bits per heavy atom. The molecule has 9 nitrogen and oxygen atoms in total. The van der Waals surface area contributed by atoms with Gasteiger partial charge in [0.2, 0.25) is 17.4 Å². The highest BCUT2D eigenvalue weighted by Gasteiger charge is 2.16. The Hall–Kier alpha value is -3.75. The fourth-order valence-corrected chi connectivity index (χ4v) is 3.43. The second-order valence-electron chi connectivity index (χ2n) is 7.28. The second-order valence-corrected chi connectivity index (χ2v) is 7.28. The van der Waals surface area contributed by atoms with E-state index in [0.717, 1.165) is 47.5 Å². The van der Waals surface area contributed by atoms with Crippen molar-refractivity contribution in [3.63, 3.8) is 0 Å². The average Bonchev–Trinajstić information content (AvgIpc) is 3.46. The number of nitrogens with one attached hydrogen (secondary N) is 1. The molecule has 0 bridgehead atoms. The number of rotatable bonds is 9. The highest BCUT2D eigenvalue weighted by molar-refractivity contribution is 5.92. The van der Waals surface area contributed by atoms with Crippen LogP contribution in [-0.2, 0) is 13.0 Å². The molecule has 31 heavy (non-hydrogen) atoms. The summed E-state index contributed by atoms with van der Waals surface area (Å²) >= 11 is 0. The maximum absolute atomic E-state index is 12.2. The van der Waals surface area contributed by atoms with Crippen molar-refractivity contribution >= 4 is 5.78 Å². The van der Waals surface area contributed by atoms with Crippen molar-refractivity contribution in [3.05, 3.63) is 59.9 Å². The normalized spacial score (nSPS) is 11.0. The standard InChI is InChI=1S/C22H24N8O/c1-3-5-19(31)22-24-20(30(27-22)12-4-2)13-15-6-8-16(9-7-15)18-14-23-11-10-17(18)21-25-28-29-26-21/h6-11,14H,3-5,12-13H2,1-2H3,(H,25,26,28,29). The first-order valence-electron chi connectivity index (χ1n) is 10.4. The molecule has 0 saturated carbocycles. The number of aryl methyl sites for hydroxylation is 1. The van der Waals surface area contributed by atoms with Crippen LogP contribution in [0.25, 0.3) is 22.5 Å². The number of tetrazole rings is 1. The highest BCUT2D eigenvalue weighted by Crippen LogP contribution is 2.29. The van der Waals surface area contributed by atoms with E-state index in [9.17, 15) is 4.79 Å². The molecule has 4 aromatic rings. The third-order valence-electron chi connectivity index (χ3n) is 4.94. The number of ketones is 1. The molecule has 1 aromatic carbocycles. The van der Waals surface area contributed by atoms with Crippen LogP contribution < -0.4 is 0 Å². The van der Waals surface area contributed by atoms with Gasteiger partial charge in [0.1, 0.15) is 5.82 Å². The molecule has 3 heterocycles. The SMILES string of the molecule is CCCC(=O)c1nc(Cc2ccc(-c3cnccc3-c3nn[nH]n3)cc2)n(CCC)n1. The lowest BCUT2D eigenvalue weighted by Crippen LogP contribution is -2.06. The molecule has 4 rings (SSSR count). The van der Waals surface area contributed by atoms with Crippen molar-refractivity contribution in [3.8, 4) is 22.5 Å². The van der Waals surface area contributed by atoms with Crippen LogP contribution in [0.15, 0.2) is 42.7 Å². The van der Waals surface area contributed by atoms with Gasteiger partial charge in [0.15, 0.2) is 0 Å². The molecule has 9 heteroatoms. The number of benzene rings is 1. The zero-order valence-electron chi connectivity index (χ0n) is 17.6. The summed E-state index contributed by atoms with van der Waals surface area (Å²) in [4.78, 5) is 21.0. The Morgan fingerprint density at radius 1 is 1.06 bits per heavy atom. The van der Waals surface area contributed by atoms with Gasteiger partial charge in [0.05, 0.1) is 0 Å². The van der Waals surface area contributed by atoms with E-state index in [-0.39, 0.29) is 5.78 Å². The van der Waals surface area contributed by atoms with Gasteiger partial charge in [-0.3, -0.25) is 9.78 Å². The molecular formula is C22H24N8O. The Kier molecular flexibility index (Phi) is 6.21. The van der Waals surface area contributed by atoms with E-state index in [2.05, 4.69) is 54.7 Å². The van der Waals surface area contributed by atoms with Gasteiger partial charge in [-0.1, -0.05) is 38.1 Å². The molecule has 0 atom stereocenters. The molecule has 158 valence electrons. The van der Waals surface area contributed by atoms with E-state index in [0.29, 0.717) is 24.5 Å². The van der Waals surface area contributed by atoms with Crippen LogP contribution in [0.1, 0.15) is 55.1 Å². The van der Waals surface area contributed by atoms with E-state index in [1.54, 1.807) is 12.4 Å². The van der Waals surface area contributed by atoms with Crippen molar-refractivity contribution < 1.29 is 4.79 Å². The van der Waals surface area contributed by atoms with Gasteiger partial charge in [0, 0.05) is 42.9 Å². The van der Waals surface area contributed by atoms with Crippen molar-refractivity contribution in [2.24, 2.45) is 0 Å². The minimum atomic E-state index is -0.000441. The Labute approximate surface area is 180 Å². The number of Topliss-reactive ketones (excluding diaryl/α,β-unsaturated/α-hetero) is 1. The van der Waals surface area contributed by atoms with Crippen molar-refractivity contribution in [1.82, 2.24) is 40.4 Å². The summed E-state index contributed by atoms with van der Waals surface area (Å²) in [6.07, 6.45) is 6.30. The summed E-state index contributed by atoms with van der Waals surface area (Å²) < 4.78 is 1.85. The smallest absolute Gasteiger partial charge is 0.217 e. The van der Waals surface area contributed by atoms with Crippen molar-refractivity contribution in [1.29, 1.82) is 0 Å². The highest BCUT2D eigenvalue weighted by atomic mass is 16.1. The number of hydrogen-bond acceptors (Lipinski definition) is 7. The molecule has 0 amide bonds. The monoisotopic (exact) mass is 416 g/mol. The van der Waals surface area contributed by atoms with Gasteiger partial charge >= 0.3 is 0 Å². The van der Waals surface area contributed by atoms with Gasteiger partial charge in [-0.2, -0.15) is 5.21 Å². The van der Waals surface area contributed by atoms with Gasteiger partial charge in [-0.05, 0) is 35.2 Å². The summed E-state index contributed by atoms with van der Waals surface area (Å²) in [5.74, 6) is 1.66. The number of carbonyl (C=O) groups is 1. The summed E-state index contributed by atoms with van der Waals surface area (Å²) in [5.41, 5.74) is 3.88. The molecule has 0 aliphatic rings. The molecule has 1 N–H and O–H groups in total. The number of pyridine rings is 1. The summed E-state index contributed by atoms with van der Waals surface area (Å²) in [7, 11) is 0. The summed E-state index contributed by atoms with van der Waals surface area (Å²) in [5, 5.41) is 18.7. The summed E-state index contributed by atoms with van der Waals surface area (Å²) in [6, 6.07) is 10.1. The maximum atomic E-state index is 12.2. The zero-order valence-corrected chi connectivity index (χ0v) is 17.6. The summed E-state index contributed by atoms with van der Waals surface area (Å²) in [6.45, 7) is 4.81. The van der Waals surface area contributed by atoms with Crippen LogP contribution >= 0.6 is 0 Å². The fraction of sp³-hybridized carbons (Fsp3) is 0.318. The molecule has 0 unspecified atom stereocenters. The molecule has 0 spiro atoms. The number of nitrogens with zero attached hydrogens (tertiary/aromatic N) is 7. The number of carbonyl (C=O) groups excluding carboxylic acids is 1. The minimum absolute atomic E-state index is 0.000441. The van der Waals surface area contributed by atoms with Crippen LogP contribution in [0.5, 0.6) is 0 Å².